The molecule has 0 bridgehead atoms. The van der Waals surface area contributed by atoms with Gasteiger partial charge in [-0.05, 0) is 25.1 Å². The molecule has 0 unspecified atom stereocenters. The largest absolute Gasteiger partial charge is 0.455 e. The van der Waals surface area contributed by atoms with Crippen molar-refractivity contribution in [3.8, 4) is 0 Å². The van der Waals surface area contributed by atoms with Gasteiger partial charge in [-0.15, -0.1) is 0 Å². The number of ether oxygens (including phenoxy) is 1. The zero-order valence-electron chi connectivity index (χ0n) is 12.3. The van der Waals surface area contributed by atoms with Crippen LogP contribution in [0.15, 0.2) is 54.6 Å². The fraction of sp³-hybridized carbons (Fsp3) is 0.118. The SMILES string of the molecule is C[C@@H](OC(=O)/C=C/c1ccccc1[N+](=O)[O-])c1ccccc1Cl. The molecule has 0 aromatic heterocycles. The number of carbonyl (C=O) groups excluding carboxylic acids is 1. The molecule has 1 atom stereocenters. The van der Waals surface area contributed by atoms with Crippen LogP contribution >= 0.6 is 11.6 Å². The molecular formula is C17H14ClNO4. The van der Waals surface area contributed by atoms with Crippen molar-refractivity contribution in [1.29, 1.82) is 0 Å². The minimum atomic E-state index is -0.601. The van der Waals surface area contributed by atoms with Gasteiger partial charge in [-0.25, -0.2) is 4.79 Å². The van der Waals surface area contributed by atoms with E-state index < -0.39 is 17.0 Å². The van der Waals surface area contributed by atoms with E-state index >= 15 is 0 Å². The summed E-state index contributed by atoms with van der Waals surface area (Å²) in [5, 5.41) is 11.4. The highest BCUT2D eigenvalue weighted by molar-refractivity contribution is 6.31. The summed E-state index contributed by atoms with van der Waals surface area (Å²) in [5.74, 6) is -0.601. The lowest BCUT2D eigenvalue weighted by atomic mass is 10.1. The fourth-order valence-corrected chi connectivity index (χ4v) is 2.32. The summed E-state index contributed by atoms with van der Waals surface area (Å²) in [6.45, 7) is 1.71. The van der Waals surface area contributed by atoms with Gasteiger partial charge >= 0.3 is 5.97 Å². The summed E-state index contributed by atoms with van der Waals surface area (Å²) >= 11 is 6.05. The molecule has 0 aliphatic heterocycles. The molecule has 5 nitrogen and oxygen atoms in total. The normalized spacial score (nSPS) is 12.1. The van der Waals surface area contributed by atoms with Crippen LogP contribution in [0.25, 0.3) is 6.08 Å². The first-order chi connectivity index (χ1) is 11.0. The molecule has 0 amide bonds. The number of para-hydroxylation sites is 1. The zero-order chi connectivity index (χ0) is 16.8. The van der Waals surface area contributed by atoms with Crippen LogP contribution < -0.4 is 0 Å². The monoisotopic (exact) mass is 331 g/mol. The molecule has 2 aromatic rings. The molecule has 0 radical (unpaired) electrons. The molecule has 0 fully saturated rings. The maximum atomic E-state index is 11.9. The average Bonchev–Trinajstić information content (AvgIpc) is 2.53. The lowest BCUT2D eigenvalue weighted by molar-refractivity contribution is -0.385. The molecule has 0 saturated carbocycles. The smallest absolute Gasteiger partial charge is 0.331 e. The lowest BCUT2D eigenvalue weighted by Gasteiger charge is -2.13. The van der Waals surface area contributed by atoms with Crippen LogP contribution in [0.4, 0.5) is 5.69 Å². The van der Waals surface area contributed by atoms with E-state index in [2.05, 4.69) is 0 Å². The molecule has 6 heteroatoms. The van der Waals surface area contributed by atoms with E-state index in [1.54, 1.807) is 49.4 Å². The first-order valence-electron chi connectivity index (χ1n) is 6.85. The third-order valence-corrected chi connectivity index (χ3v) is 3.51. The van der Waals surface area contributed by atoms with Crippen molar-refractivity contribution in [3.63, 3.8) is 0 Å². The zero-order valence-corrected chi connectivity index (χ0v) is 13.1. The summed E-state index contributed by atoms with van der Waals surface area (Å²) in [6.07, 6.45) is 2.00. The van der Waals surface area contributed by atoms with E-state index in [0.29, 0.717) is 16.1 Å². The number of halogens is 1. The van der Waals surface area contributed by atoms with E-state index in [1.165, 1.54) is 12.1 Å². The highest BCUT2D eigenvalue weighted by Gasteiger charge is 2.14. The average molecular weight is 332 g/mol. The Morgan fingerprint density at radius 2 is 1.87 bits per heavy atom. The molecule has 0 aliphatic carbocycles. The second-order valence-electron chi connectivity index (χ2n) is 4.75. The number of hydrogen-bond acceptors (Lipinski definition) is 4. The molecular weight excluding hydrogens is 318 g/mol. The second kappa shape index (κ2) is 7.56. The number of esters is 1. The van der Waals surface area contributed by atoms with Gasteiger partial charge in [0, 0.05) is 22.7 Å². The molecule has 0 heterocycles. The Hall–Kier alpha value is -2.66. The molecule has 2 aromatic carbocycles. The van der Waals surface area contributed by atoms with Crippen molar-refractivity contribution in [2.24, 2.45) is 0 Å². The quantitative estimate of drug-likeness (QED) is 0.348. The van der Waals surface area contributed by atoms with Crippen LogP contribution in [-0.2, 0) is 9.53 Å². The minimum Gasteiger partial charge on any atom is -0.455 e. The highest BCUT2D eigenvalue weighted by atomic mass is 35.5. The number of hydrogen-bond donors (Lipinski definition) is 0. The summed E-state index contributed by atoms with van der Waals surface area (Å²) in [5.41, 5.74) is 0.956. The number of nitro benzene ring substituents is 1. The molecule has 0 aliphatic rings. The van der Waals surface area contributed by atoms with Crippen molar-refractivity contribution in [3.05, 3.63) is 80.9 Å². The summed E-state index contributed by atoms with van der Waals surface area (Å²) in [4.78, 5) is 22.3. The topological polar surface area (TPSA) is 69.4 Å². The number of benzene rings is 2. The molecule has 0 spiro atoms. The van der Waals surface area contributed by atoms with Crippen LogP contribution in [0.2, 0.25) is 5.02 Å². The van der Waals surface area contributed by atoms with Crippen LogP contribution in [-0.4, -0.2) is 10.9 Å². The van der Waals surface area contributed by atoms with Crippen molar-refractivity contribution in [1.82, 2.24) is 0 Å². The minimum absolute atomic E-state index is 0.0734. The summed E-state index contributed by atoms with van der Waals surface area (Å²) < 4.78 is 5.26. The maximum Gasteiger partial charge on any atom is 0.331 e. The predicted octanol–water partition coefficient (Wildman–Crippen LogP) is 4.57. The van der Waals surface area contributed by atoms with Gasteiger partial charge in [0.05, 0.1) is 10.5 Å². The molecule has 23 heavy (non-hydrogen) atoms. The number of nitro groups is 1. The third kappa shape index (κ3) is 4.40. The Labute approximate surface area is 138 Å². The predicted molar refractivity (Wildman–Crippen MR) is 88.1 cm³/mol. The van der Waals surface area contributed by atoms with Gasteiger partial charge in [0.2, 0.25) is 0 Å². The Morgan fingerprint density at radius 1 is 1.22 bits per heavy atom. The van der Waals surface area contributed by atoms with E-state index in [9.17, 15) is 14.9 Å². The molecule has 0 N–H and O–H groups in total. The maximum absolute atomic E-state index is 11.9. The van der Waals surface area contributed by atoms with Gasteiger partial charge in [0.25, 0.3) is 5.69 Å². The Kier molecular flexibility index (Phi) is 5.49. The second-order valence-corrected chi connectivity index (χ2v) is 5.16. The van der Waals surface area contributed by atoms with Crippen LogP contribution in [0.3, 0.4) is 0 Å². The lowest BCUT2D eigenvalue weighted by Crippen LogP contribution is -2.06. The van der Waals surface area contributed by atoms with Crippen LogP contribution in [0.5, 0.6) is 0 Å². The van der Waals surface area contributed by atoms with Crippen LogP contribution in [0.1, 0.15) is 24.2 Å². The van der Waals surface area contributed by atoms with Crippen molar-refractivity contribution in [2.75, 3.05) is 0 Å². The molecule has 0 saturated heterocycles. The van der Waals surface area contributed by atoms with E-state index in [4.69, 9.17) is 16.3 Å². The first-order valence-corrected chi connectivity index (χ1v) is 7.23. The van der Waals surface area contributed by atoms with Gasteiger partial charge in [-0.1, -0.05) is 41.9 Å². The van der Waals surface area contributed by atoms with E-state index in [-0.39, 0.29) is 5.69 Å². The highest BCUT2D eigenvalue weighted by Crippen LogP contribution is 2.25. The molecule has 118 valence electrons. The Morgan fingerprint density at radius 3 is 2.57 bits per heavy atom. The first kappa shape index (κ1) is 16.7. The Balaban J connectivity index is 2.08. The van der Waals surface area contributed by atoms with Crippen molar-refractivity contribution in [2.45, 2.75) is 13.0 Å². The van der Waals surface area contributed by atoms with Crippen molar-refractivity contribution < 1.29 is 14.5 Å². The van der Waals surface area contributed by atoms with Gasteiger partial charge in [0.15, 0.2) is 0 Å². The Bertz CT molecular complexity index is 758. The summed E-state index contributed by atoms with van der Waals surface area (Å²) in [6, 6.07) is 13.2. The van der Waals surface area contributed by atoms with Gasteiger partial charge in [-0.2, -0.15) is 0 Å². The van der Waals surface area contributed by atoms with Gasteiger partial charge < -0.3 is 4.74 Å². The number of rotatable bonds is 5. The molecule has 2 rings (SSSR count). The standard InChI is InChI=1S/C17H14ClNO4/c1-12(14-7-3-4-8-15(14)18)23-17(20)11-10-13-6-2-5-9-16(13)19(21)22/h2-12H,1H3/b11-10+/t12-/m1/s1. The number of nitrogens with zero attached hydrogens (tertiary/aromatic N) is 1. The van der Waals surface area contributed by atoms with Gasteiger partial charge in [0.1, 0.15) is 6.10 Å². The van der Waals surface area contributed by atoms with Gasteiger partial charge in [-0.3, -0.25) is 10.1 Å². The van der Waals surface area contributed by atoms with E-state index in [1.807, 2.05) is 0 Å². The van der Waals surface area contributed by atoms with E-state index in [0.717, 1.165) is 6.08 Å². The third-order valence-electron chi connectivity index (χ3n) is 3.17. The van der Waals surface area contributed by atoms with Crippen molar-refractivity contribution >= 4 is 29.3 Å². The fourth-order valence-electron chi connectivity index (χ4n) is 2.03. The van der Waals surface area contributed by atoms with Crippen LogP contribution in [0, 0.1) is 10.1 Å². The number of carbonyl (C=O) groups is 1. The summed E-state index contributed by atoms with van der Waals surface area (Å²) in [7, 11) is 0.